The van der Waals surface area contributed by atoms with Gasteiger partial charge in [0.2, 0.25) is 0 Å². The SMILES string of the molecule is CCOC(=O)/C=C/c1ccc(N(C)c2c(-c3ccc(O)cc3)sc3cc(O)ccc23)cc1. The topological polar surface area (TPSA) is 70.0 Å². The summed E-state index contributed by atoms with van der Waals surface area (Å²) in [4.78, 5) is 14.7. The lowest BCUT2D eigenvalue weighted by atomic mass is 10.1. The van der Waals surface area contributed by atoms with Gasteiger partial charge >= 0.3 is 5.97 Å². The van der Waals surface area contributed by atoms with Gasteiger partial charge in [0.25, 0.3) is 0 Å². The number of nitrogens with zero attached hydrogens (tertiary/aromatic N) is 1. The number of phenols is 2. The minimum absolute atomic E-state index is 0.217. The average Bonchev–Trinajstić information content (AvgIpc) is 3.16. The van der Waals surface area contributed by atoms with Crippen molar-refractivity contribution >= 4 is 44.8 Å². The molecule has 0 aliphatic heterocycles. The number of aromatic hydroxyl groups is 2. The van der Waals surface area contributed by atoms with Crippen LogP contribution in [-0.4, -0.2) is 29.8 Å². The molecule has 1 heterocycles. The van der Waals surface area contributed by atoms with Crippen molar-refractivity contribution in [1.29, 1.82) is 0 Å². The van der Waals surface area contributed by atoms with Gasteiger partial charge in [-0.1, -0.05) is 12.1 Å². The fourth-order valence-corrected chi connectivity index (χ4v) is 4.78. The standard InChI is InChI=1S/C26H23NO4S/c1-3-31-24(30)15-6-17-4-9-19(10-5-17)27(2)25-22-14-13-21(29)16-23(22)32-26(25)18-7-11-20(28)12-8-18/h4-16,28-29H,3H2,1-2H3/b15-6+. The Morgan fingerprint density at radius 1 is 1.00 bits per heavy atom. The molecule has 3 aromatic carbocycles. The van der Waals surface area contributed by atoms with Crippen molar-refractivity contribution in [2.75, 3.05) is 18.6 Å². The quantitative estimate of drug-likeness (QED) is 0.268. The van der Waals surface area contributed by atoms with E-state index in [1.54, 1.807) is 48.6 Å². The van der Waals surface area contributed by atoms with Gasteiger partial charge in [-0.25, -0.2) is 4.79 Å². The van der Waals surface area contributed by atoms with Crippen molar-refractivity contribution in [3.05, 3.63) is 78.4 Å². The number of rotatable bonds is 6. The first-order valence-corrected chi connectivity index (χ1v) is 11.0. The van der Waals surface area contributed by atoms with Crippen LogP contribution in [0.3, 0.4) is 0 Å². The zero-order valence-electron chi connectivity index (χ0n) is 17.8. The van der Waals surface area contributed by atoms with E-state index in [1.807, 2.05) is 49.5 Å². The number of hydrogen-bond acceptors (Lipinski definition) is 6. The van der Waals surface area contributed by atoms with E-state index in [1.165, 1.54) is 6.08 Å². The highest BCUT2D eigenvalue weighted by molar-refractivity contribution is 7.23. The molecule has 0 saturated carbocycles. The smallest absolute Gasteiger partial charge is 0.330 e. The maximum Gasteiger partial charge on any atom is 0.330 e. The summed E-state index contributed by atoms with van der Waals surface area (Å²) < 4.78 is 5.90. The second-order valence-electron chi connectivity index (χ2n) is 7.24. The van der Waals surface area contributed by atoms with Crippen LogP contribution in [0.4, 0.5) is 11.4 Å². The molecule has 0 aliphatic rings. The molecule has 4 aromatic rings. The van der Waals surface area contributed by atoms with E-state index in [-0.39, 0.29) is 17.5 Å². The third-order valence-corrected chi connectivity index (χ3v) is 6.28. The maximum atomic E-state index is 11.5. The van der Waals surface area contributed by atoms with Gasteiger partial charge in [-0.3, -0.25) is 0 Å². The van der Waals surface area contributed by atoms with Crippen LogP contribution in [0, 0.1) is 0 Å². The fourth-order valence-electron chi connectivity index (χ4n) is 3.51. The normalized spacial score (nSPS) is 11.2. The number of benzene rings is 3. The highest BCUT2D eigenvalue weighted by Crippen LogP contribution is 2.47. The van der Waals surface area contributed by atoms with Gasteiger partial charge in [0.05, 0.1) is 17.2 Å². The molecule has 0 atom stereocenters. The highest BCUT2D eigenvalue weighted by atomic mass is 32.1. The van der Waals surface area contributed by atoms with Crippen molar-refractivity contribution in [2.45, 2.75) is 6.92 Å². The Kier molecular flexibility index (Phi) is 6.14. The summed E-state index contributed by atoms with van der Waals surface area (Å²) >= 11 is 1.59. The van der Waals surface area contributed by atoms with Gasteiger partial charge in [0.1, 0.15) is 11.5 Å². The van der Waals surface area contributed by atoms with Gasteiger partial charge in [-0.05, 0) is 78.7 Å². The second kappa shape index (κ2) is 9.16. The van der Waals surface area contributed by atoms with E-state index in [9.17, 15) is 15.0 Å². The minimum atomic E-state index is -0.361. The summed E-state index contributed by atoms with van der Waals surface area (Å²) in [5.74, 6) is 0.0806. The molecule has 32 heavy (non-hydrogen) atoms. The molecule has 0 radical (unpaired) electrons. The van der Waals surface area contributed by atoms with Gasteiger partial charge in [-0.2, -0.15) is 0 Å². The van der Waals surface area contributed by atoms with Crippen LogP contribution in [-0.2, 0) is 9.53 Å². The zero-order valence-corrected chi connectivity index (χ0v) is 18.6. The first-order chi connectivity index (χ1) is 15.5. The summed E-state index contributed by atoms with van der Waals surface area (Å²) in [5, 5.41) is 20.7. The van der Waals surface area contributed by atoms with E-state index in [2.05, 4.69) is 4.90 Å². The van der Waals surface area contributed by atoms with Crippen LogP contribution in [0.5, 0.6) is 11.5 Å². The van der Waals surface area contributed by atoms with Crippen LogP contribution in [0.25, 0.3) is 26.6 Å². The van der Waals surface area contributed by atoms with Gasteiger partial charge in [0.15, 0.2) is 0 Å². The number of carbonyl (C=O) groups is 1. The number of ether oxygens (including phenoxy) is 1. The molecule has 6 heteroatoms. The Morgan fingerprint density at radius 3 is 2.38 bits per heavy atom. The summed E-state index contributed by atoms with van der Waals surface area (Å²) in [6.07, 6.45) is 3.15. The summed E-state index contributed by atoms with van der Waals surface area (Å²) in [5.41, 5.74) is 3.88. The molecule has 0 spiro atoms. The van der Waals surface area contributed by atoms with Crippen molar-refractivity contribution < 1.29 is 19.7 Å². The van der Waals surface area contributed by atoms with Crippen LogP contribution >= 0.6 is 11.3 Å². The molecular formula is C26H23NO4S. The Bertz CT molecular complexity index is 1270. The molecule has 0 amide bonds. The van der Waals surface area contributed by atoms with Crippen LogP contribution in [0.15, 0.2) is 72.8 Å². The zero-order chi connectivity index (χ0) is 22.7. The molecule has 1 aromatic heterocycles. The van der Waals surface area contributed by atoms with E-state index in [0.29, 0.717) is 6.61 Å². The van der Waals surface area contributed by atoms with E-state index in [4.69, 9.17) is 4.74 Å². The van der Waals surface area contributed by atoms with Gasteiger partial charge < -0.3 is 19.8 Å². The number of esters is 1. The molecule has 0 unspecified atom stereocenters. The molecule has 4 rings (SSSR count). The Hall–Kier alpha value is -3.77. The van der Waals surface area contributed by atoms with E-state index >= 15 is 0 Å². The minimum Gasteiger partial charge on any atom is -0.508 e. The summed E-state index contributed by atoms with van der Waals surface area (Å²) in [6.45, 7) is 2.13. The highest BCUT2D eigenvalue weighted by Gasteiger charge is 2.19. The predicted octanol–water partition coefficient (Wildman–Crippen LogP) is 6.32. The van der Waals surface area contributed by atoms with Crippen molar-refractivity contribution in [3.8, 4) is 21.9 Å². The third-order valence-electron chi connectivity index (χ3n) is 5.09. The fraction of sp³-hybridized carbons (Fsp3) is 0.115. The number of carbonyl (C=O) groups excluding carboxylic acids is 1. The monoisotopic (exact) mass is 445 g/mol. The Morgan fingerprint density at radius 2 is 1.69 bits per heavy atom. The van der Waals surface area contributed by atoms with Crippen molar-refractivity contribution in [1.82, 2.24) is 0 Å². The molecule has 0 saturated heterocycles. The number of anilines is 2. The molecular weight excluding hydrogens is 422 g/mol. The largest absolute Gasteiger partial charge is 0.508 e. The molecule has 0 aliphatic carbocycles. The molecule has 162 valence electrons. The molecule has 2 N–H and O–H groups in total. The lowest BCUT2D eigenvalue weighted by molar-refractivity contribution is -0.137. The van der Waals surface area contributed by atoms with Crippen molar-refractivity contribution in [3.63, 3.8) is 0 Å². The molecule has 0 fully saturated rings. The van der Waals surface area contributed by atoms with Crippen LogP contribution in [0.2, 0.25) is 0 Å². The first kappa shape index (κ1) is 21.5. The molecule has 0 bridgehead atoms. The summed E-state index contributed by atoms with van der Waals surface area (Å²) in [7, 11) is 2.00. The maximum absolute atomic E-state index is 11.5. The number of phenolic OH excluding ortho intramolecular Hbond substituents is 2. The summed E-state index contributed by atoms with van der Waals surface area (Å²) in [6, 6.07) is 20.4. The van der Waals surface area contributed by atoms with E-state index < -0.39 is 0 Å². The van der Waals surface area contributed by atoms with Gasteiger partial charge in [0, 0.05) is 28.9 Å². The third kappa shape index (κ3) is 4.45. The lowest BCUT2D eigenvalue weighted by Gasteiger charge is -2.21. The predicted molar refractivity (Wildman–Crippen MR) is 131 cm³/mol. The molecule has 5 nitrogen and oxygen atoms in total. The average molecular weight is 446 g/mol. The first-order valence-electron chi connectivity index (χ1n) is 10.2. The van der Waals surface area contributed by atoms with Crippen molar-refractivity contribution in [2.24, 2.45) is 0 Å². The van der Waals surface area contributed by atoms with Crippen LogP contribution in [0.1, 0.15) is 12.5 Å². The second-order valence-corrected chi connectivity index (χ2v) is 8.30. The number of hydrogen-bond donors (Lipinski definition) is 2. The number of thiophene rings is 1. The van der Waals surface area contributed by atoms with E-state index in [0.717, 1.165) is 37.5 Å². The Labute approximate surface area is 190 Å². The number of fused-ring (bicyclic) bond motifs is 1. The Balaban J connectivity index is 1.73. The van der Waals surface area contributed by atoms with Crippen LogP contribution < -0.4 is 4.90 Å². The van der Waals surface area contributed by atoms with Gasteiger partial charge in [-0.15, -0.1) is 11.3 Å². The lowest BCUT2D eigenvalue weighted by Crippen LogP contribution is -2.09.